The second kappa shape index (κ2) is 8.83. The molecular formula is C19H31N3O2. The van der Waals surface area contributed by atoms with Crippen LogP contribution in [0.4, 0.5) is 5.69 Å². The summed E-state index contributed by atoms with van der Waals surface area (Å²) in [6.45, 7) is 10.3. The summed E-state index contributed by atoms with van der Waals surface area (Å²) in [5.41, 5.74) is 2.92. The fourth-order valence-electron chi connectivity index (χ4n) is 2.59. The molecule has 134 valence electrons. The summed E-state index contributed by atoms with van der Waals surface area (Å²) >= 11 is 0. The van der Waals surface area contributed by atoms with Crippen molar-refractivity contribution in [2.24, 2.45) is 0 Å². The highest BCUT2D eigenvalue weighted by atomic mass is 16.2. The van der Waals surface area contributed by atoms with Gasteiger partial charge in [-0.3, -0.25) is 14.5 Å². The van der Waals surface area contributed by atoms with Gasteiger partial charge in [-0.1, -0.05) is 32.0 Å². The number of anilines is 1. The fraction of sp³-hybridized carbons (Fsp3) is 0.579. The third-order valence-electron chi connectivity index (χ3n) is 3.60. The van der Waals surface area contributed by atoms with Crippen molar-refractivity contribution in [2.45, 2.75) is 53.0 Å². The molecule has 0 aliphatic rings. The molecule has 0 saturated carbocycles. The molecule has 0 unspecified atom stereocenters. The van der Waals surface area contributed by atoms with E-state index in [1.54, 1.807) is 11.9 Å². The van der Waals surface area contributed by atoms with Crippen molar-refractivity contribution in [3.8, 4) is 0 Å². The van der Waals surface area contributed by atoms with Crippen LogP contribution in [-0.4, -0.2) is 42.4 Å². The Morgan fingerprint density at radius 1 is 1.00 bits per heavy atom. The van der Waals surface area contributed by atoms with Crippen LogP contribution in [0.15, 0.2) is 18.2 Å². The van der Waals surface area contributed by atoms with Crippen molar-refractivity contribution < 1.29 is 9.59 Å². The lowest BCUT2D eigenvalue weighted by Gasteiger charge is -2.23. The smallest absolute Gasteiger partial charge is 0.238 e. The summed E-state index contributed by atoms with van der Waals surface area (Å²) < 4.78 is 0. The van der Waals surface area contributed by atoms with Crippen LogP contribution in [0, 0.1) is 0 Å². The van der Waals surface area contributed by atoms with Gasteiger partial charge in [0.2, 0.25) is 11.8 Å². The zero-order valence-electron chi connectivity index (χ0n) is 15.8. The Bertz CT molecular complexity index is 554. The molecule has 1 aromatic carbocycles. The summed E-state index contributed by atoms with van der Waals surface area (Å²) in [6.07, 6.45) is 1.74. The largest absolute Gasteiger partial charge is 0.350 e. The Morgan fingerprint density at radius 2 is 1.50 bits per heavy atom. The van der Waals surface area contributed by atoms with E-state index >= 15 is 0 Å². The van der Waals surface area contributed by atoms with Gasteiger partial charge in [0.1, 0.15) is 0 Å². The summed E-state index contributed by atoms with van der Waals surface area (Å²) in [4.78, 5) is 26.0. The van der Waals surface area contributed by atoms with Crippen LogP contribution in [0.3, 0.4) is 0 Å². The van der Waals surface area contributed by atoms with Crippen molar-refractivity contribution in [3.63, 3.8) is 0 Å². The third kappa shape index (κ3) is 6.71. The normalized spacial score (nSPS) is 11.5. The van der Waals surface area contributed by atoms with Gasteiger partial charge in [0.05, 0.1) is 13.1 Å². The van der Waals surface area contributed by atoms with Gasteiger partial charge in [0.25, 0.3) is 0 Å². The minimum atomic E-state index is -0.268. The molecule has 24 heavy (non-hydrogen) atoms. The quantitative estimate of drug-likeness (QED) is 0.806. The van der Waals surface area contributed by atoms with E-state index in [0.29, 0.717) is 0 Å². The van der Waals surface area contributed by atoms with Gasteiger partial charge in [-0.2, -0.15) is 0 Å². The van der Waals surface area contributed by atoms with Crippen LogP contribution < -0.4 is 10.6 Å². The lowest BCUT2D eigenvalue weighted by atomic mass is 10.0. The third-order valence-corrected chi connectivity index (χ3v) is 3.60. The predicted octanol–water partition coefficient (Wildman–Crippen LogP) is 2.60. The summed E-state index contributed by atoms with van der Waals surface area (Å²) in [5.74, 6) is -0.183. The van der Waals surface area contributed by atoms with E-state index < -0.39 is 0 Å². The zero-order valence-corrected chi connectivity index (χ0v) is 15.8. The number of para-hydroxylation sites is 1. The number of nitrogens with one attached hydrogen (secondary N) is 2. The van der Waals surface area contributed by atoms with Crippen molar-refractivity contribution in [1.29, 1.82) is 0 Å². The molecule has 0 aliphatic heterocycles. The van der Waals surface area contributed by atoms with E-state index in [0.717, 1.165) is 29.7 Å². The van der Waals surface area contributed by atoms with E-state index in [1.807, 2.05) is 39.0 Å². The molecule has 0 atom stereocenters. The Hall–Kier alpha value is -1.88. The van der Waals surface area contributed by atoms with Gasteiger partial charge in [-0.25, -0.2) is 0 Å². The number of hydrogen-bond acceptors (Lipinski definition) is 3. The van der Waals surface area contributed by atoms with Crippen molar-refractivity contribution in [1.82, 2.24) is 10.2 Å². The van der Waals surface area contributed by atoms with Crippen molar-refractivity contribution in [2.75, 3.05) is 25.5 Å². The number of nitrogens with zero attached hydrogens (tertiary/aromatic N) is 1. The molecule has 5 heteroatoms. The number of aryl methyl sites for hydroxylation is 2. The lowest BCUT2D eigenvalue weighted by molar-refractivity contribution is -0.124. The van der Waals surface area contributed by atoms with E-state index in [1.165, 1.54) is 0 Å². The van der Waals surface area contributed by atoms with Gasteiger partial charge >= 0.3 is 0 Å². The van der Waals surface area contributed by atoms with Crippen molar-refractivity contribution >= 4 is 17.5 Å². The Morgan fingerprint density at radius 3 is 1.96 bits per heavy atom. The second-order valence-corrected chi connectivity index (χ2v) is 7.18. The summed E-state index contributed by atoms with van der Waals surface area (Å²) in [6, 6.07) is 6.10. The molecule has 0 bridgehead atoms. The number of likely N-dealkylation sites (N-methyl/N-ethyl adjacent to an activating group) is 1. The van der Waals surface area contributed by atoms with Gasteiger partial charge in [0.15, 0.2) is 0 Å². The SMILES string of the molecule is CCc1cccc(CC)c1NC(=O)CN(C)CC(=O)NC(C)(C)C. The standard InChI is InChI=1S/C19H31N3O2/c1-7-14-10-9-11-15(8-2)18(14)20-16(23)12-22(6)13-17(24)21-19(3,4)5/h9-11H,7-8,12-13H2,1-6H3,(H,20,23)(H,21,24). The van der Waals surface area contributed by atoms with E-state index in [9.17, 15) is 9.59 Å². The van der Waals surface area contributed by atoms with Crippen LogP contribution in [0.5, 0.6) is 0 Å². The molecule has 0 saturated heterocycles. The van der Waals surface area contributed by atoms with Gasteiger partial charge in [-0.05, 0) is 51.8 Å². The number of carbonyl (C=O) groups excluding carboxylic acids is 2. The highest BCUT2D eigenvalue weighted by Crippen LogP contribution is 2.22. The molecule has 1 aromatic rings. The first-order valence-electron chi connectivity index (χ1n) is 8.56. The molecule has 2 amide bonds. The van der Waals surface area contributed by atoms with Crippen LogP contribution in [0.25, 0.3) is 0 Å². The zero-order chi connectivity index (χ0) is 18.3. The van der Waals surface area contributed by atoms with Crippen molar-refractivity contribution in [3.05, 3.63) is 29.3 Å². The molecule has 5 nitrogen and oxygen atoms in total. The lowest BCUT2D eigenvalue weighted by Crippen LogP contribution is -2.46. The van der Waals surface area contributed by atoms with E-state index in [2.05, 4.69) is 24.5 Å². The molecule has 2 N–H and O–H groups in total. The topological polar surface area (TPSA) is 61.4 Å². The summed E-state index contributed by atoms with van der Waals surface area (Å²) in [5, 5.41) is 5.92. The van der Waals surface area contributed by atoms with Crippen LogP contribution in [0.1, 0.15) is 45.7 Å². The highest BCUT2D eigenvalue weighted by Gasteiger charge is 2.17. The number of amides is 2. The van der Waals surface area contributed by atoms with Gasteiger partial charge in [-0.15, -0.1) is 0 Å². The predicted molar refractivity (Wildman–Crippen MR) is 99.2 cm³/mol. The molecular weight excluding hydrogens is 302 g/mol. The van der Waals surface area contributed by atoms with Gasteiger partial charge < -0.3 is 10.6 Å². The van der Waals surface area contributed by atoms with Crippen LogP contribution in [0.2, 0.25) is 0 Å². The maximum Gasteiger partial charge on any atom is 0.238 e. The number of benzene rings is 1. The molecule has 0 heterocycles. The van der Waals surface area contributed by atoms with E-state index in [-0.39, 0.29) is 30.4 Å². The van der Waals surface area contributed by atoms with E-state index in [4.69, 9.17) is 0 Å². The average molecular weight is 333 g/mol. The van der Waals surface area contributed by atoms with Crippen LogP contribution in [-0.2, 0) is 22.4 Å². The second-order valence-electron chi connectivity index (χ2n) is 7.18. The van der Waals surface area contributed by atoms with Gasteiger partial charge in [0, 0.05) is 11.2 Å². The first-order valence-corrected chi connectivity index (χ1v) is 8.56. The Kier molecular flexibility index (Phi) is 7.42. The number of hydrogen-bond donors (Lipinski definition) is 2. The molecule has 1 rings (SSSR count). The summed E-state index contributed by atoms with van der Waals surface area (Å²) in [7, 11) is 1.77. The maximum absolute atomic E-state index is 12.3. The monoisotopic (exact) mass is 333 g/mol. The minimum absolute atomic E-state index is 0.0824. The number of carbonyl (C=O) groups is 2. The Labute approximate surface area is 145 Å². The number of rotatable bonds is 7. The highest BCUT2D eigenvalue weighted by molar-refractivity contribution is 5.94. The maximum atomic E-state index is 12.3. The fourth-order valence-corrected chi connectivity index (χ4v) is 2.59. The minimum Gasteiger partial charge on any atom is -0.350 e. The first-order chi connectivity index (χ1) is 11.2. The first kappa shape index (κ1) is 20.2. The molecule has 0 spiro atoms. The molecule has 0 aromatic heterocycles. The average Bonchev–Trinajstić information content (AvgIpc) is 2.44. The molecule has 0 radical (unpaired) electrons. The van der Waals surface area contributed by atoms with Crippen LogP contribution >= 0.6 is 0 Å². The Balaban J connectivity index is 2.65. The molecule has 0 fully saturated rings. The molecule has 0 aliphatic carbocycles.